The fraction of sp³-hybridized carbons (Fsp3) is 0.933. The lowest BCUT2D eigenvalue weighted by atomic mass is 9.61. The van der Waals surface area contributed by atoms with Crippen molar-refractivity contribution in [2.45, 2.75) is 82.2 Å². The highest BCUT2D eigenvalue weighted by molar-refractivity contribution is 5.10. The Morgan fingerprint density at radius 1 is 0.765 bits per heavy atom. The maximum Gasteiger partial charge on any atom is 0.0206 e. The lowest BCUT2D eigenvalue weighted by Crippen LogP contribution is -2.62. The van der Waals surface area contributed by atoms with Crippen LogP contribution in [-0.2, 0) is 0 Å². The van der Waals surface area contributed by atoms with Crippen LogP contribution in [-0.4, -0.2) is 11.1 Å². The van der Waals surface area contributed by atoms with E-state index in [2.05, 4.69) is 6.42 Å². The van der Waals surface area contributed by atoms with Gasteiger partial charge in [-0.1, -0.05) is 45.4 Å². The van der Waals surface area contributed by atoms with Crippen molar-refractivity contribution in [3.05, 3.63) is 6.42 Å². The maximum atomic E-state index is 6.69. The summed E-state index contributed by atoms with van der Waals surface area (Å²) < 4.78 is 0. The zero-order chi connectivity index (χ0) is 12.4. The molecule has 4 N–H and O–H groups in total. The average Bonchev–Trinajstić information content (AvgIpc) is 2.31. The highest BCUT2D eigenvalue weighted by atomic mass is 14.9. The molecule has 2 saturated carbocycles. The molecule has 0 atom stereocenters. The van der Waals surface area contributed by atoms with Crippen LogP contribution in [0.4, 0.5) is 0 Å². The van der Waals surface area contributed by atoms with E-state index in [0.29, 0.717) is 0 Å². The molecule has 0 bridgehead atoms. The van der Waals surface area contributed by atoms with Crippen LogP contribution in [0.25, 0.3) is 0 Å². The highest BCUT2D eigenvalue weighted by Crippen LogP contribution is 2.43. The van der Waals surface area contributed by atoms with Gasteiger partial charge < -0.3 is 11.5 Å². The van der Waals surface area contributed by atoms with E-state index in [-0.39, 0.29) is 17.0 Å². The third kappa shape index (κ3) is 2.68. The van der Waals surface area contributed by atoms with Gasteiger partial charge in [-0.25, -0.2) is 0 Å². The first-order chi connectivity index (χ1) is 8.11. The van der Waals surface area contributed by atoms with Gasteiger partial charge in [0.15, 0.2) is 0 Å². The standard InChI is InChI=1S/C15H28N2/c1-2-13(14(16)9-5-3-6-10-14)15(17)11-7-4-8-12-15/h13H,3-12,16-17H2,1H3. The third-order valence-electron chi connectivity index (χ3n) is 5.01. The second kappa shape index (κ2) is 5.27. The molecule has 0 aromatic heterocycles. The zero-order valence-electron chi connectivity index (χ0n) is 11.3. The Balaban J connectivity index is 2.13. The quantitative estimate of drug-likeness (QED) is 0.791. The lowest BCUT2D eigenvalue weighted by Gasteiger charge is -2.50. The van der Waals surface area contributed by atoms with E-state index in [0.717, 1.165) is 25.7 Å². The Morgan fingerprint density at radius 3 is 1.41 bits per heavy atom. The zero-order valence-corrected chi connectivity index (χ0v) is 11.3. The van der Waals surface area contributed by atoms with Crippen LogP contribution in [0.2, 0.25) is 0 Å². The fourth-order valence-electron chi connectivity index (χ4n) is 4.14. The number of rotatable bonds is 3. The topological polar surface area (TPSA) is 52.0 Å². The van der Waals surface area contributed by atoms with Crippen molar-refractivity contribution in [1.82, 2.24) is 0 Å². The first-order valence-electron chi connectivity index (χ1n) is 7.36. The van der Waals surface area contributed by atoms with E-state index in [9.17, 15) is 0 Å². The number of nitrogens with two attached hydrogens (primary N) is 2. The van der Waals surface area contributed by atoms with Crippen molar-refractivity contribution in [2.75, 3.05) is 0 Å². The molecular formula is C15H28N2. The number of hydrogen-bond acceptors (Lipinski definition) is 2. The molecule has 98 valence electrons. The van der Waals surface area contributed by atoms with Crippen LogP contribution in [0, 0.1) is 12.3 Å². The van der Waals surface area contributed by atoms with Crippen LogP contribution in [0.5, 0.6) is 0 Å². The minimum absolute atomic E-state index is 0.0703. The predicted octanol–water partition coefficient (Wildman–Crippen LogP) is 3.03. The van der Waals surface area contributed by atoms with Gasteiger partial charge in [-0.15, -0.1) is 0 Å². The van der Waals surface area contributed by atoms with Gasteiger partial charge in [0.25, 0.3) is 0 Å². The van der Waals surface area contributed by atoms with E-state index in [1.807, 2.05) is 6.92 Å². The minimum atomic E-state index is -0.0703. The molecule has 0 aromatic carbocycles. The molecule has 0 aliphatic heterocycles. The SMILES string of the molecule is C[C]C(C1(N)CCCCC1)C1(N)CCCCC1. The molecule has 2 nitrogen and oxygen atoms in total. The van der Waals surface area contributed by atoms with Crippen molar-refractivity contribution in [1.29, 1.82) is 0 Å². The Kier molecular flexibility index (Phi) is 4.14. The van der Waals surface area contributed by atoms with Gasteiger partial charge in [-0.05, 0) is 32.1 Å². The van der Waals surface area contributed by atoms with Gasteiger partial charge >= 0.3 is 0 Å². The summed E-state index contributed by atoms with van der Waals surface area (Å²) in [5, 5.41) is 0. The molecule has 2 heteroatoms. The Morgan fingerprint density at radius 2 is 1.12 bits per heavy atom. The van der Waals surface area contributed by atoms with Crippen molar-refractivity contribution >= 4 is 0 Å². The summed E-state index contributed by atoms with van der Waals surface area (Å²) in [6.45, 7) is 2.04. The van der Waals surface area contributed by atoms with Crippen LogP contribution in [0.15, 0.2) is 0 Å². The van der Waals surface area contributed by atoms with E-state index in [1.165, 1.54) is 38.5 Å². The van der Waals surface area contributed by atoms with Crippen LogP contribution < -0.4 is 11.5 Å². The molecule has 0 spiro atoms. The second-order valence-corrected chi connectivity index (χ2v) is 6.31. The van der Waals surface area contributed by atoms with Gasteiger partial charge in [0, 0.05) is 17.0 Å². The van der Waals surface area contributed by atoms with Crippen molar-refractivity contribution in [2.24, 2.45) is 17.4 Å². The third-order valence-corrected chi connectivity index (χ3v) is 5.01. The van der Waals surface area contributed by atoms with E-state index in [4.69, 9.17) is 11.5 Å². The summed E-state index contributed by atoms with van der Waals surface area (Å²) >= 11 is 0. The van der Waals surface area contributed by atoms with Crippen LogP contribution >= 0.6 is 0 Å². The molecule has 2 rings (SSSR count). The molecule has 0 saturated heterocycles. The summed E-state index contributed by atoms with van der Waals surface area (Å²) in [4.78, 5) is 0. The van der Waals surface area contributed by atoms with Gasteiger partial charge in [-0.2, -0.15) is 0 Å². The molecule has 0 unspecified atom stereocenters. The Bertz CT molecular complexity index is 213. The van der Waals surface area contributed by atoms with Crippen LogP contribution in [0.1, 0.15) is 71.1 Å². The first-order valence-corrected chi connectivity index (χ1v) is 7.36. The van der Waals surface area contributed by atoms with E-state index >= 15 is 0 Å². The Hall–Kier alpha value is -0.0800. The van der Waals surface area contributed by atoms with Gasteiger partial charge in [0.2, 0.25) is 0 Å². The molecule has 2 aliphatic carbocycles. The van der Waals surface area contributed by atoms with Crippen LogP contribution in [0.3, 0.4) is 0 Å². The average molecular weight is 236 g/mol. The first kappa shape index (κ1) is 13.4. The molecular weight excluding hydrogens is 208 g/mol. The molecule has 2 radical (unpaired) electrons. The monoisotopic (exact) mass is 236 g/mol. The second-order valence-electron chi connectivity index (χ2n) is 6.31. The van der Waals surface area contributed by atoms with Gasteiger partial charge in [0.05, 0.1) is 0 Å². The Labute approximate surface area is 107 Å². The van der Waals surface area contributed by atoms with Gasteiger partial charge in [-0.3, -0.25) is 0 Å². The lowest BCUT2D eigenvalue weighted by molar-refractivity contribution is 0.108. The highest BCUT2D eigenvalue weighted by Gasteiger charge is 2.46. The smallest absolute Gasteiger partial charge is 0.0206 e. The van der Waals surface area contributed by atoms with Gasteiger partial charge in [0.1, 0.15) is 0 Å². The summed E-state index contributed by atoms with van der Waals surface area (Å²) in [5.74, 6) is 0.288. The molecule has 0 amide bonds. The van der Waals surface area contributed by atoms with E-state index < -0.39 is 0 Å². The molecule has 2 fully saturated rings. The summed E-state index contributed by atoms with van der Waals surface area (Å²) in [6.07, 6.45) is 15.8. The predicted molar refractivity (Wildman–Crippen MR) is 72.4 cm³/mol. The van der Waals surface area contributed by atoms with Crippen molar-refractivity contribution in [3.63, 3.8) is 0 Å². The molecule has 0 aromatic rings. The number of hydrogen-bond donors (Lipinski definition) is 2. The minimum Gasteiger partial charge on any atom is -0.325 e. The maximum absolute atomic E-state index is 6.69. The molecule has 2 aliphatic rings. The largest absolute Gasteiger partial charge is 0.325 e. The molecule has 17 heavy (non-hydrogen) atoms. The van der Waals surface area contributed by atoms with Crippen molar-refractivity contribution < 1.29 is 0 Å². The summed E-state index contributed by atoms with van der Waals surface area (Å²) in [5.41, 5.74) is 13.2. The fourth-order valence-corrected chi connectivity index (χ4v) is 4.14. The summed E-state index contributed by atoms with van der Waals surface area (Å²) in [7, 11) is 0. The molecule has 0 heterocycles. The normalized spacial score (nSPS) is 28.2. The summed E-state index contributed by atoms with van der Waals surface area (Å²) in [6, 6.07) is 0. The van der Waals surface area contributed by atoms with E-state index in [1.54, 1.807) is 0 Å². The van der Waals surface area contributed by atoms with Crippen molar-refractivity contribution in [3.8, 4) is 0 Å².